The summed E-state index contributed by atoms with van der Waals surface area (Å²) >= 11 is 0. The maximum Gasteiger partial charge on any atom is 0.241 e. The van der Waals surface area contributed by atoms with Crippen molar-refractivity contribution in [2.45, 2.75) is 65.1 Å². The third-order valence-corrected chi connectivity index (χ3v) is 6.30. The number of fused-ring (bicyclic) bond motifs is 1. The van der Waals surface area contributed by atoms with E-state index >= 15 is 0 Å². The van der Waals surface area contributed by atoms with Gasteiger partial charge in [-0.15, -0.1) is 12.4 Å². The molecule has 1 saturated heterocycles. The van der Waals surface area contributed by atoms with Crippen LogP contribution in [-0.2, 0) is 9.53 Å². The first-order valence-electron chi connectivity index (χ1n) is 8.98. The zero-order valence-electron chi connectivity index (χ0n) is 15.9. The van der Waals surface area contributed by atoms with E-state index in [1.165, 1.54) is 11.1 Å². The van der Waals surface area contributed by atoms with Gasteiger partial charge in [0.15, 0.2) is 0 Å². The van der Waals surface area contributed by atoms with E-state index in [2.05, 4.69) is 51.2 Å². The first kappa shape index (κ1) is 20.2. The quantitative estimate of drug-likeness (QED) is 0.861. The summed E-state index contributed by atoms with van der Waals surface area (Å²) in [6, 6.07) is 6.27. The zero-order valence-corrected chi connectivity index (χ0v) is 16.7. The first-order chi connectivity index (χ1) is 11.2. The third-order valence-electron chi connectivity index (χ3n) is 6.30. The van der Waals surface area contributed by atoms with Gasteiger partial charge in [0.1, 0.15) is 5.54 Å². The Morgan fingerprint density at radius 2 is 2.04 bits per heavy atom. The number of amides is 1. The fourth-order valence-corrected chi connectivity index (χ4v) is 4.74. The average molecular weight is 367 g/mol. The van der Waals surface area contributed by atoms with Crippen LogP contribution in [0.3, 0.4) is 0 Å². The molecular weight excluding hydrogens is 336 g/mol. The van der Waals surface area contributed by atoms with Gasteiger partial charge in [-0.1, -0.05) is 37.6 Å². The fourth-order valence-electron chi connectivity index (χ4n) is 4.74. The first-order valence-corrected chi connectivity index (χ1v) is 8.98. The molecule has 4 unspecified atom stereocenters. The van der Waals surface area contributed by atoms with Crippen LogP contribution in [0.25, 0.3) is 0 Å². The number of carbonyl (C=O) groups is 1. The van der Waals surface area contributed by atoms with Gasteiger partial charge in [0, 0.05) is 17.9 Å². The molecule has 1 aliphatic heterocycles. The van der Waals surface area contributed by atoms with E-state index in [9.17, 15) is 4.79 Å². The smallest absolute Gasteiger partial charge is 0.241 e. The van der Waals surface area contributed by atoms with E-state index in [0.29, 0.717) is 0 Å². The normalized spacial score (nSPS) is 31.1. The number of hydrogen-bond acceptors (Lipinski definition) is 3. The van der Waals surface area contributed by atoms with Crippen LogP contribution < -0.4 is 11.1 Å². The zero-order chi connectivity index (χ0) is 17.7. The van der Waals surface area contributed by atoms with Crippen molar-refractivity contribution in [2.75, 3.05) is 6.61 Å². The van der Waals surface area contributed by atoms with Gasteiger partial charge < -0.3 is 15.8 Å². The van der Waals surface area contributed by atoms with E-state index in [4.69, 9.17) is 10.5 Å². The molecule has 4 atom stereocenters. The number of aryl methyl sites for hydroxylation is 2. The molecule has 1 aromatic rings. The molecule has 1 amide bonds. The van der Waals surface area contributed by atoms with Gasteiger partial charge in [-0.3, -0.25) is 4.79 Å². The topological polar surface area (TPSA) is 64.4 Å². The minimum atomic E-state index is -0.856. The average Bonchev–Trinajstić information content (AvgIpc) is 2.53. The van der Waals surface area contributed by atoms with Crippen molar-refractivity contribution in [3.63, 3.8) is 0 Å². The van der Waals surface area contributed by atoms with E-state index in [0.717, 1.165) is 25.0 Å². The van der Waals surface area contributed by atoms with Crippen molar-refractivity contribution in [3.8, 4) is 0 Å². The van der Waals surface area contributed by atoms with Crippen LogP contribution in [0.1, 0.15) is 56.3 Å². The van der Waals surface area contributed by atoms with Crippen molar-refractivity contribution in [2.24, 2.45) is 17.1 Å². The summed E-state index contributed by atoms with van der Waals surface area (Å²) in [4.78, 5) is 13.1. The molecule has 3 N–H and O–H groups in total. The summed E-state index contributed by atoms with van der Waals surface area (Å²) in [6.07, 6.45) is 2.05. The summed E-state index contributed by atoms with van der Waals surface area (Å²) < 4.78 is 5.90. The van der Waals surface area contributed by atoms with E-state index in [1.807, 2.05) is 6.92 Å². The van der Waals surface area contributed by atoms with Crippen molar-refractivity contribution < 1.29 is 9.53 Å². The lowest BCUT2D eigenvalue weighted by Gasteiger charge is -2.65. The highest BCUT2D eigenvalue weighted by molar-refractivity contribution is 5.89. The molecule has 1 aromatic carbocycles. The van der Waals surface area contributed by atoms with Gasteiger partial charge >= 0.3 is 0 Å². The maximum absolute atomic E-state index is 13.1. The number of carbonyl (C=O) groups excluding carboxylic acids is 1. The monoisotopic (exact) mass is 366 g/mol. The lowest BCUT2D eigenvalue weighted by atomic mass is 9.46. The van der Waals surface area contributed by atoms with E-state index < -0.39 is 5.54 Å². The Bertz CT molecular complexity index is 661. The van der Waals surface area contributed by atoms with Crippen molar-refractivity contribution in [1.82, 2.24) is 5.32 Å². The molecule has 1 saturated carbocycles. The molecule has 0 spiro atoms. The molecule has 1 aliphatic carbocycles. The highest BCUT2D eigenvalue weighted by atomic mass is 35.5. The summed E-state index contributed by atoms with van der Waals surface area (Å²) in [7, 11) is 0. The molecule has 5 heteroatoms. The molecule has 2 aliphatic rings. The van der Waals surface area contributed by atoms with Crippen molar-refractivity contribution in [1.29, 1.82) is 0 Å². The number of hydrogen-bond donors (Lipinski definition) is 2. The molecule has 0 radical (unpaired) electrons. The van der Waals surface area contributed by atoms with Crippen molar-refractivity contribution >= 4 is 18.3 Å². The van der Waals surface area contributed by atoms with Gasteiger partial charge in [0.25, 0.3) is 0 Å². The highest BCUT2D eigenvalue weighted by Crippen LogP contribution is 2.57. The largest absolute Gasteiger partial charge is 0.377 e. The minimum Gasteiger partial charge on any atom is -0.377 e. The van der Waals surface area contributed by atoms with Gasteiger partial charge in [-0.25, -0.2) is 0 Å². The third kappa shape index (κ3) is 2.98. The standard InChI is InChI=1S/C20H30N2O2.ClH/c1-12-8-9-15(13(2)11-12)14(3)22-18(23)20(21)16-7-6-10-24-17(16)19(20,4)5;/h8-9,11,14,16-17H,6-7,10,21H2,1-5H3,(H,22,23);1H. The van der Waals surface area contributed by atoms with E-state index in [-0.39, 0.29) is 41.8 Å². The maximum atomic E-state index is 13.1. The number of benzene rings is 1. The molecule has 25 heavy (non-hydrogen) atoms. The minimum absolute atomic E-state index is 0. The lowest BCUT2D eigenvalue weighted by molar-refractivity contribution is -0.225. The lowest BCUT2D eigenvalue weighted by Crippen LogP contribution is -2.82. The molecule has 0 bridgehead atoms. The number of nitrogens with two attached hydrogens (primary N) is 1. The van der Waals surface area contributed by atoms with Crippen LogP contribution in [0.15, 0.2) is 18.2 Å². The Kier molecular flexibility index (Phi) is 5.58. The molecule has 3 rings (SSSR count). The second-order valence-corrected chi connectivity index (χ2v) is 8.19. The molecule has 4 nitrogen and oxygen atoms in total. The van der Waals surface area contributed by atoms with Crippen LogP contribution in [0.5, 0.6) is 0 Å². The van der Waals surface area contributed by atoms with Crippen LogP contribution in [-0.4, -0.2) is 24.2 Å². The van der Waals surface area contributed by atoms with Crippen LogP contribution in [0, 0.1) is 25.2 Å². The Morgan fingerprint density at radius 3 is 2.68 bits per heavy atom. The molecule has 2 fully saturated rings. The van der Waals surface area contributed by atoms with Crippen LogP contribution in [0.4, 0.5) is 0 Å². The van der Waals surface area contributed by atoms with Gasteiger partial charge in [0.05, 0.1) is 12.1 Å². The Morgan fingerprint density at radius 1 is 1.36 bits per heavy atom. The predicted molar refractivity (Wildman–Crippen MR) is 103 cm³/mol. The number of ether oxygens (including phenoxy) is 1. The predicted octanol–water partition coefficient (Wildman–Crippen LogP) is 3.43. The van der Waals surface area contributed by atoms with Crippen LogP contribution >= 0.6 is 12.4 Å². The molecular formula is C20H31ClN2O2. The Balaban J connectivity index is 0.00000225. The second-order valence-electron chi connectivity index (χ2n) is 8.19. The Labute approximate surface area is 157 Å². The second kappa shape index (κ2) is 6.90. The fraction of sp³-hybridized carbons (Fsp3) is 0.650. The summed E-state index contributed by atoms with van der Waals surface area (Å²) in [5, 5.41) is 3.17. The van der Waals surface area contributed by atoms with Crippen molar-refractivity contribution in [3.05, 3.63) is 34.9 Å². The summed E-state index contributed by atoms with van der Waals surface area (Å²) in [6.45, 7) is 11.1. The highest BCUT2D eigenvalue weighted by Gasteiger charge is 2.70. The Hall–Kier alpha value is -1.10. The number of halogens is 1. The number of rotatable bonds is 3. The van der Waals surface area contributed by atoms with E-state index in [1.54, 1.807) is 0 Å². The molecule has 0 aromatic heterocycles. The van der Waals surface area contributed by atoms with Gasteiger partial charge in [-0.2, -0.15) is 0 Å². The SMILES string of the molecule is Cc1ccc(C(C)NC(=O)C2(N)C3CCCOC3C2(C)C)c(C)c1.Cl. The molecule has 140 valence electrons. The summed E-state index contributed by atoms with van der Waals surface area (Å²) in [5.41, 5.74) is 9.04. The number of nitrogens with one attached hydrogen (secondary N) is 1. The van der Waals surface area contributed by atoms with Crippen LogP contribution in [0.2, 0.25) is 0 Å². The van der Waals surface area contributed by atoms with Gasteiger partial charge in [-0.05, 0) is 44.7 Å². The molecule has 1 heterocycles. The summed E-state index contributed by atoms with van der Waals surface area (Å²) in [5.74, 6) is 0.0688. The van der Waals surface area contributed by atoms with Gasteiger partial charge in [0.2, 0.25) is 5.91 Å².